The molecule has 0 aliphatic carbocycles. The molecule has 1 aliphatic rings. The highest BCUT2D eigenvalue weighted by molar-refractivity contribution is 4.90. The maximum atomic E-state index is 4.31. The van der Waals surface area contributed by atoms with Crippen LogP contribution >= 0.6 is 0 Å². The molecule has 1 saturated heterocycles. The van der Waals surface area contributed by atoms with Crippen LogP contribution in [0.5, 0.6) is 0 Å². The van der Waals surface area contributed by atoms with Gasteiger partial charge in [0.2, 0.25) is 0 Å². The number of aromatic nitrogens is 2. The molecule has 1 unspecified atom stereocenters. The molecule has 0 spiro atoms. The average Bonchev–Trinajstić information content (AvgIpc) is 2.91. The van der Waals surface area contributed by atoms with Gasteiger partial charge in [-0.2, -0.15) is 0 Å². The van der Waals surface area contributed by atoms with Gasteiger partial charge in [0.25, 0.3) is 0 Å². The van der Waals surface area contributed by atoms with E-state index in [0.717, 1.165) is 18.9 Å². The molecule has 1 atom stereocenters. The number of likely N-dealkylation sites (tertiary alicyclic amines) is 1. The van der Waals surface area contributed by atoms with Crippen LogP contribution in [0.3, 0.4) is 0 Å². The Hall–Kier alpha value is -0.870. The van der Waals surface area contributed by atoms with Crippen LogP contribution in [0, 0.1) is 5.92 Å². The van der Waals surface area contributed by atoms with E-state index < -0.39 is 0 Å². The minimum Gasteiger partial charge on any atom is -0.337 e. The van der Waals surface area contributed by atoms with E-state index >= 15 is 0 Å². The van der Waals surface area contributed by atoms with Crippen molar-refractivity contribution in [1.29, 1.82) is 0 Å². The normalized spacial score (nSPS) is 18.7. The minimum atomic E-state index is 0.716. The van der Waals surface area contributed by atoms with E-state index in [0.29, 0.717) is 5.92 Å². The lowest BCUT2D eigenvalue weighted by Gasteiger charge is -2.20. The third-order valence-electron chi connectivity index (χ3n) is 3.47. The highest BCUT2D eigenvalue weighted by Crippen LogP contribution is 2.09. The van der Waals surface area contributed by atoms with Crippen molar-refractivity contribution in [1.82, 2.24) is 19.8 Å². The van der Waals surface area contributed by atoms with E-state index in [1.807, 2.05) is 19.4 Å². The fourth-order valence-corrected chi connectivity index (χ4v) is 2.47. The van der Waals surface area contributed by atoms with Crippen molar-refractivity contribution in [2.75, 3.05) is 26.2 Å². The lowest BCUT2D eigenvalue weighted by atomic mass is 10.1. The maximum absolute atomic E-state index is 4.31. The van der Waals surface area contributed by atoms with Crippen molar-refractivity contribution in [2.45, 2.75) is 26.3 Å². The number of imidazole rings is 1. The van der Waals surface area contributed by atoms with Crippen LogP contribution in [-0.2, 0) is 13.6 Å². The molecule has 1 aliphatic heterocycles. The molecule has 1 aromatic rings. The zero-order valence-corrected chi connectivity index (χ0v) is 11.0. The summed E-state index contributed by atoms with van der Waals surface area (Å²) in [6, 6.07) is 0. The standard InChI is InChI=1S/C13H24N4/c1-12(11-17-6-3-4-7-17)9-14-10-13-15-5-8-16(13)2/h5,8,12,14H,3-4,6-7,9-11H2,1-2H3. The zero-order chi connectivity index (χ0) is 12.1. The Morgan fingerprint density at radius 3 is 2.82 bits per heavy atom. The van der Waals surface area contributed by atoms with Gasteiger partial charge in [-0.1, -0.05) is 6.92 Å². The smallest absolute Gasteiger partial charge is 0.122 e. The van der Waals surface area contributed by atoms with Crippen molar-refractivity contribution in [3.05, 3.63) is 18.2 Å². The number of rotatable bonds is 6. The molecular formula is C13H24N4. The molecule has 1 aromatic heterocycles. The Morgan fingerprint density at radius 2 is 2.18 bits per heavy atom. The number of hydrogen-bond acceptors (Lipinski definition) is 3. The molecule has 0 saturated carbocycles. The highest BCUT2D eigenvalue weighted by atomic mass is 15.1. The fourth-order valence-electron chi connectivity index (χ4n) is 2.47. The lowest BCUT2D eigenvalue weighted by Crippen LogP contribution is -2.31. The summed E-state index contributed by atoms with van der Waals surface area (Å²) < 4.78 is 2.07. The molecular weight excluding hydrogens is 212 g/mol. The second kappa shape index (κ2) is 6.17. The first kappa shape index (κ1) is 12.6. The molecule has 0 aromatic carbocycles. The summed E-state index contributed by atoms with van der Waals surface area (Å²) in [7, 11) is 2.04. The van der Waals surface area contributed by atoms with E-state index in [9.17, 15) is 0 Å². The monoisotopic (exact) mass is 236 g/mol. The predicted octanol–water partition coefficient (Wildman–Crippen LogP) is 1.24. The van der Waals surface area contributed by atoms with Gasteiger partial charge in [-0.3, -0.25) is 0 Å². The first-order valence-electron chi connectivity index (χ1n) is 6.65. The molecule has 4 nitrogen and oxygen atoms in total. The van der Waals surface area contributed by atoms with E-state index in [1.165, 1.54) is 32.5 Å². The summed E-state index contributed by atoms with van der Waals surface area (Å²) in [5, 5.41) is 3.49. The van der Waals surface area contributed by atoms with Gasteiger partial charge < -0.3 is 14.8 Å². The van der Waals surface area contributed by atoms with Gasteiger partial charge in [-0.05, 0) is 38.4 Å². The molecule has 2 rings (SSSR count). The van der Waals surface area contributed by atoms with Gasteiger partial charge in [0, 0.05) is 26.0 Å². The molecule has 2 heterocycles. The van der Waals surface area contributed by atoms with Crippen molar-refractivity contribution >= 4 is 0 Å². The topological polar surface area (TPSA) is 33.1 Å². The van der Waals surface area contributed by atoms with Crippen molar-refractivity contribution in [3.8, 4) is 0 Å². The first-order chi connectivity index (χ1) is 8.25. The molecule has 1 N–H and O–H groups in total. The summed E-state index contributed by atoms with van der Waals surface area (Å²) in [6.07, 6.45) is 6.61. The van der Waals surface area contributed by atoms with E-state index in [-0.39, 0.29) is 0 Å². The zero-order valence-electron chi connectivity index (χ0n) is 11.0. The Balaban J connectivity index is 1.62. The number of nitrogens with one attached hydrogen (secondary N) is 1. The van der Waals surface area contributed by atoms with Crippen LogP contribution in [0.25, 0.3) is 0 Å². The van der Waals surface area contributed by atoms with Gasteiger partial charge in [-0.15, -0.1) is 0 Å². The van der Waals surface area contributed by atoms with Crippen LogP contribution in [-0.4, -0.2) is 40.6 Å². The molecule has 17 heavy (non-hydrogen) atoms. The lowest BCUT2D eigenvalue weighted by molar-refractivity contribution is 0.282. The largest absolute Gasteiger partial charge is 0.337 e. The van der Waals surface area contributed by atoms with Crippen LogP contribution in [0.4, 0.5) is 0 Å². The SMILES string of the molecule is CC(CNCc1nccn1C)CN1CCCC1. The summed E-state index contributed by atoms with van der Waals surface area (Å²) in [6.45, 7) is 8.09. The van der Waals surface area contributed by atoms with Crippen LogP contribution in [0.1, 0.15) is 25.6 Å². The minimum absolute atomic E-state index is 0.716. The van der Waals surface area contributed by atoms with Crippen LogP contribution < -0.4 is 5.32 Å². The second-order valence-corrected chi connectivity index (χ2v) is 5.20. The van der Waals surface area contributed by atoms with Crippen molar-refractivity contribution < 1.29 is 0 Å². The molecule has 0 bridgehead atoms. The Kier molecular flexibility index (Phi) is 4.57. The van der Waals surface area contributed by atoms with Crippen molar-refractivity contribution in [2.24, 2.45) is 13.0 Å². The Labute approximate surface area is 104 Å². The molecule has 0 radical (unpaired) electrons. The van der Waals surface area contributed by atoms with Gasteiger partial charge >= 0.3 is 0 Å². The summed E-state index contributed by atoms with van der Waals surface area (Å²) in [5.41, 5.74) is 0. The molecule has 1 fully saturated rings. The van der Waals surface area contributed by atoms with Crippen LogP contribution in [0.2, 0.25) is 0 Å². The van der Waals surface area contributed by atoms with Gasteiger partial charge in [0.15, 0.2) is 0 Å². The number of aryl methyl sites for hydroxylation is 1. The number of hydrogen-bond donors (Lipinski definition) is 1. The Bertz CT molecular complexity index is 328. The quantitative estimate of drug-likeness (QED) is 0.807. The van der Waals surface area contributed by atoms with Crippen LogP contribution in [0.15, 0.2) is 12.4 Å². The van der Waals surface area contributed by atoms with Gasteiger partial charge in [0.05, 0.1) is 6.54 Å². The van der Waals surface area contributed by atoms with E-state index in [2.05, 4.69) is 26.7 Å². The fraction of sp³-hybridized carbons (Fsp3) is 0.769. The average molecular weight is 236 g/mol. The van der Waals surface area contributed by atoms with Gasteiger partial charge in [-0.25, -0.2) is 4.98 Å². The van der Waals surface area contributed by atoms with Gasteiger partial charge in [0.1, 0.15) is 5.82 Å². The Morgan fingerprint density at radius 1 is 1.41 bits per heavy atom. The maximum Gasteiger partial charge on any atom is 0.122 e. The first-order valence-corrected chi connectivity index (χ1v) is 6.65. The molecule has 96 valence electrons. The number of nitrogens with zero attached hydrogens (tertiary/aromatic N) is 3. The van der Waals surface area contributed by atoms with E-state index in [4.69, 9.17) is 0 Å². The highest BCUT2D eigenvalue weighted by Gasteiger charge is 2.14. The summed E-state index contributed by atoms with van der Waals surface area (Å²) >= 11 is 0. The second-order valence-electron chi connectivity index (χ2n) is 5.20. The third-order valence-corrected chi connectivity index (χ3v) is 3.47. The van der Waals surface area contributed by atoms with E-state index in [1.54, 1.807) is 0 Å². The summed E-state index contributed by atoms with van der Waals surface area (Å²) in [5.74, 6) is 1.83. The summed E-state index contributed by atoms with van der Waals surface area (Å²) in [4.78, 5) is 6.88. The third kappa shape index (κ3) is 3.82. The molecule has 0 amide bonds. The molecule has 4 heteroatoms. The van der Waals surface area contributed by atoms with Crippen molar-refractivity contribution in [3.63, 3.8) is 0 Å². The predicted molar refractivity (Wildman–Crippen MR) is 69.8 cm³/mol.